The first-order valence-electron chi connectivity index (χ1n) is 5.16. The highest BCUT2D eigenvalue weighted by molar-refractivity contribution is 5.40. The predicted octanol–water partition coefficient (Wildman–Crippen LogP) is 1.73. The first-order valence-corrected chi connectivity index (χ1v) is 5.16. The fourth-order valence-electron chi connectivity index (χ4n) is 2.03. The molecule has 2 heteroatoms. The zero-order valence-corrected chi connectivity index (χ0v) is 8.70. The van der Waals surface area contributed by atoms with Gasteiger partial charge in [-0.05, 0) is 22.6 Å². The molecule has 1 aromatic rings. The van der Waals surface area contributed by atoms with Gasteiger partial charge in [0.2, 0.25) is 0 Å². The van der Waals surface area contributed by atoms with Gasteiger partial charge in [-0.25, -0.2) is 0 Å². The molecule has 2 rings (SSSR count). The number of hydrogen-bond donors (Lipinski definition) is 2. The Morgan fingerprint density at radius 3 is 2.79 bits per heavy atom. The van der Waals surface area contributed by atoms with E-state index in [1.807, 2.05) is 0 Å². The van der Waals surface area contributed by atoms with Gasteiger partial charge in [0.1, 0.15) is 0 Å². The van der Waals surface area contributed by atoms with Crippen LogP contribution in [0.4, 0.5) is 0 Å². The van der Waals surface area contributed by atoms with Crippen LogP contribution in [0.3, 0.4) is 0 Å². The molecular formula is C12H17NO. The van der Waals surface area contributed by atoms with Crippen molar-refractivity contribution in [3.8, 4) is 0 Å². The molecule has 1 aliphatic carbocycles. The zero-order chi connectivity index (χ0) is 10.3. The second kappa shape index (κ2) is 3.37. The van der Waals surface area contributed by atoms with E-state index in [-0.39, 0.29) is 6.04 Å². The summed E-state index contributed by atoms with van der Waals surface area (Å²) in [5, 5.41) is 9.62. The average Bonchev–Trinajstić information content (AvgIpc) is 2.43. The molecule has 3 N–H and O–H groups in total. The molecule has 2 unspecified atom stereocenters. The largest absolute Gasteiger partial charge is 0.391 e. The molecule has 0 fully saturated rings. The van der Waals surface area contributed by atoms with Crippen LogP contribution < -0.4 is 5.73 Å². The standard InChI is InChI=1S/C12H17NO/c1-7(2)8-3-4-9-6-11(14)12(13)10(9)5-8/h3-5,7,11-12,14H,6,13H2,1-2H3. The quantitative estimate of drug-likeness (QED) is 0.710. The fourth-order valence-corrected chi connectivity index (χ4v) is 2.03. The van der Waals surface area contributed by atoms with E-state index in [9.17, 15) is 5.11 Å². The fraction of sp³-hybridized carbons (Fsp3) is 0.500. The van der Waals surface area contributed by atoms with E-state index in [1.165, 1.54) is 11.1 Å². The Labute approximate surface area is 84.7 Å². The van der Waals surface area contributed by atoms with Gasteiger partial charge in [-0.15, -0.1) is 0 Å². The van der Waals surface area contributed by atoms with Crippen LogP contribution >= 0.6 is 0 Å². The molecule has 0 bridgehead atoms. The van der Waals surface area contributed by atoms with E-state index in [4.69, 9.17) is 5.73 Å². The number of fused-ring (bicyclic) bond motifs is 1. The average molecular weight is 191 g/mol. The molecule has 14 heavy (non-hydrogen) atoms. The first kappa shape index (κ1) is 9.69. The Hall–Kier alpha value is -0.860. The molecule has 2 atom stereocenters. The van der Waals surface area contributed by atoms with Gasteiger partial charge in [0.25, 0.3) is 0 Å². The molecule has 76 valence electrons. The Balaban J connectivity index is 2.41. The van der Waals surface area contributed by atoms with Gasteiger partial charge in [-0.2, -0.15) is 0 Å². The van der Waals surface area contributed by atoms with Crippen LogP contribution in [0, 0.1) is 0 Å². The van der Waals surface area contributed by atoms with Crippen molar-refractivity contribution in [2.24, 2.45) is 5.73 Å². The van der Waals surface area contributed by atoms with Crippen molar-refractivity contribution in [3.05, 3.63) is 34.9 Å². The van der Waals surface area contributed by atoms with Crippen molar-refractivity contribution >= 4 is 0 Å². The minimum Gasteiger partial charge on any atom is -0.391 e. The number of aliphatic hydroxyl groups excluding tert-OH is 1. The molecule has 1 aliphatic rings. The van der Waals surface area contributed by atoms with E-state index in [2.05, 4.69) is 32.0 Å². The van der Waals surface area contributed by atoms with Gasteiger partial charge in [0.15, 0.2) is 0 Å². The van der Waals surface area contributed by atoms with Crippen LogP contribution in [0.2, 0.25) is 0 Å². The molecule has 0 aliphatic heterocycles. The third-order valence-corrected chi connectivity index (χ3v) is 3.04. The Morgan fingerprint density at radius 1 is 1.43 bits per heavy atom. The lowest BCUT2D eigenvalue weighted by Gasteiger charge is -2.11. The number of hydrogen-bond acceptors (Lipinski definition) is 2. The molecule has 1 aromatic carbocycles. The van der Waals surface area contributed by atoms with E-state index in [0.717, 1.165) is 5.56 Å². The lowest BCUT2D eigenvalue weighted by Crippen LogP contribution is -2.21. The molecular weight excluding hydrogens is 174 g/mol. The SMILES string of the molecule is CC(C)c1ccc2c(c1)C(N)C(O)C2. The molecule has 0 saturated carbocycles. The molecule has 2 nitrogen and oxygen atoms in total. The van der Waals surface area contributed by atoms with Crippen LogP contribution in [-0.4, -0.2) is 11.2 Å². The summed E-state index contributed by atoms with van der Waals surface area (Å²) in [6.07, 6.45) is 0.307. The highest BCUT2D eigenvalue weighted by Gasteiger charge is 2.27. The number of aliphatic hydroxyl groups is 1. The van der Waals surface area contributed by atoms with Crippen LogP contribution in [0.5, 0.6) is 0 Å². The second-order valence-corrected chi connectivity index (χ2v) is 4.41. The summed E-state index contributed by atoms with van der Waals surface area (Å²) >= 11 is 0. The summed E-state index contributed by atoms with van der Waals surface area (Å²) in [6.45, 7) is 4.33. The number of rotatable bonds is 1. The van der Waals surface area contributed by atoms with Gasteiger partial charge < -0.3 is 10.8 Å². The maximum atomic E-state index is 9.62. The van der Waals surface area contributed by atoms with Gasteiger partial charge in [-0.1, -0.05) is 32.0 Å². The van der Waals surface area contributed by atoms with Crippen molar-refractivity contribution in [3.63, 3.8) is 0 Å². The summed E-state index contributed by atoms with van der Waals surface area (Å²) < 4.78 is 0. The zero-order valence-electron chi connectivity index (χ0n) is 8.70. The smallest absolute Gasteiger partial charge is 0.0773 e. The van der Waals surface area contributed by atoms with E-state index < -0.39 is 6.10 Å². The van der Waals surface area contributed by atoms with Crippen LogP contribution in [0.15, 0.2) is 18.2 Å². The van der Waals surface area contributed by atoms with Crippen molar-refractivity contribution in [2.75, 3.05) is 0 Å². The Morgan fingerprint density at radius 2 is 2.14 bits per heavy atom. The van der Waals surface area contributed by atoms with E-state index in [1.54, 1.807) is 0 Å². The predicted molar refractivity (Wildman–Crippen MR) is 57.2 cm³/mol. The Kier molecular flexibility index (Phi) is 2.33. The monoisotopic (exact) mass is 191 g/mol. The molecule has 0 heterocycles. The third-order valence-electron chi connectivity index (χ3n) is 3.04. The molecule has 0 amide bonds. The third kappa shape index (κ3) is 1.45. The molecule has 0 spiro atoms. The van der Waals surface area contributed by atoms with E-state index >= 15 is 0 Å². The minimum absolute atomic E-state index is 0.191. The van der Waals surface area contributed by atoms with Crippen molar-refractivity contribution < 1.29 is 5.11 Å². The highest BCUT2D eigenvalue weighted by Crippen LogP contribution is 2.31. The normalized spacial score (nSPS) is 25.5. The van der Waals surface area contributed by atoms with Gasteiger partial charge in [0.05, 0.1) is 12.1 Å². The summed E-state index contributed by atoms with van der Waals surface area (Å²) in [5.41, 5.74) is 9.54. The molecule has 0 aromatic heterocycles. The van der Waals surface area contributed by atoms with Crippen molar-refractivity contribution in [2.45, 2.75) is 38.3 Å². The highest BCUT2D eigenvalue weighted by atomic mass is 16.3. The summed E-state index contributed by atoms with van der Waals surface area (Å²) in [7, 11) is 0. The summed E-state index contributed by atoms with van der Waals surface area (Å²) in [4.78, 5) is 0. The van der Waals surface area contributed by atoms with Crippen LogP contribution in [0.25, 0.3) is 0 Å². The lowest BCUT2D eigenvalue weighted by atomic mass is 9.98. The van der Waals surface area contributed by atoms with E-state index in [0.29, 0.717) is 12.3 Å². The molecule has 0 saturated heterocycles. The number of nitrogens with two attached hydrogens (primary N) is 1. The summed E-state index contributed by atoms with van der Waals surface area (Å²) in [6, 6.07) is 6.18. The minimum atomic E-state index is -0.396. The molecule has 0 radical (unpaired) electrons. The van der Waals surface area contributed by atoms with Crippen molar-refractivity contribution in [1.29, 1.82) is 0 Å². The second-order valence-electron chi connectivity index (χ2n) is 4.41. The van der Waals surface area contributed by atoms with Crippen molar-refractivity contribution in [1.82, 2.24) is 0 Å². The van der Waals surface area contributed by atoms with Crippen LogP contribution in [0.1, 0.15) is 42.5 Å². The van der Waals surface area contributed by atoms with Gasteiger partial charge >= 0.3 is 0 Å². The van der Waals surface area contributed by atoms with Gasteiger partial charge in [0, 0.05) is 6.42 Å². The topological polar surface area (TPSA) is 46.2 Å². The maximum Gasteiger partial charge on any atom is 0.0773 e. The lowest BCUT2D eigenvalue weighted by molar-refractivity contribution is 0.158. The Bertz CT molecular complexity index is 346. The summed E-state index contributed by atoms with van der Waals surface area (Å²) in [5.74, 6) is 0.519. The maximum absolute atomic E-state index is 9.62. The number of benzene rings is 1. The van der Waals surface area contributed by atoms with Crippen LogP contribution in [-0.2, 0) is 6.42 Å². The first-order chi connectivity index (χ1) is 6.59. The van der Waals surface area contributed by atoms with Gasteiger partial charge in [-0.3, -0.25) is 0 Å².